The molecule has 1 saturated carbocycles. The maximum Gasteiger partial charge on any atom is 0.329 e. The van der Waals surface area contributed by atoms with Crippen LogP contribution in [-0.2, 0) is 9.53 Å². The normalized spacial score (nSPS) is 19.9. The number of carboxylic acid groups (broad SMARTS) is 1. The van der Waals surface area contributed by atoms with Crippen molar-refractivity contribution >= 4 is 12.0 Å². The molecule has 2 fully saturated rings. The van der Waals surface area contributed by atoms with Crippen LogP contribution in [0.3, 0.4) is 0 Å². The number of hydrogen-bond acceptors (Lipinski definition) is 3. The predicted octanol–water partition coefficient (Wildman–Crippen LogP) is 1.79. The molecule has 1 N–H and O–H groups in total. The van der Waals surface area contributed by atoms with Gasteiger partial charge in [0, 0.05) is 25.7 Å². The van der Waals surface area contributed by atoms with Crippen LogP contribution in [0.4, 0.5) is 4.79 Å². The number of carbonyl (C=O) groups is 2. The molecule has 1 aliphatic carbocycles. The quantitative estimate of drug-likeness (QED) is 0.811. The summed E-state index contributed by atoms with van der Waals surface area (Å²) in [5.74, 6) is -0.462. The summed E-state index contributed by atoms with van der Waals surface area (Å²) in [4.78, 5) is 27.0. The molecule has 0 aromatic heterocycles. The zero-order valence-electron chi connectivity index (χ0n) is 13.0. The van der Waals surface area contributed by atoms with Crippen LogP contribution in [0.5, 0.6) is 0 Å². The smallest absolute Gasteiger partial charge is 0.329 e. The third-order valence-corrected chi connectivity index (χ3v) is 3.95. The molecule has 21 heavy (non-hydrogen) atoms. The number of aliphatic carboxylic acids is 1. The van der Waals surface area contributed by atoms with Gasteiger partial charge in [0.1, 0.15) is 6.61 Å². The molecule has 0 aromatic rings. The molecule has 2 aliphatic rings. The zero-order chi connectivity index (χ0) is 15.4. The lowest BCUT2D eigenvalue weighted by Gasteiger charge is -2.36. The summed E-state index contributed by atoms with van der Waals surface area (Å²) in [6.07, 6.45) is 3.65. The van der Waals surface area contributed by atoms with Crippen molar-refractivity contribution in [1.82, 2.24) is 9.80 Å². The minimum Gasteiger partial charge on any atom is -0.480 e. The van der Waals surface area contributed by atoms with Gasteiger partial charge in [-0.05, 0) is 31.6 Å². The molecule has 0 atom stereocenters. The Bertz CT molecular complexity index is 374. The van der Waals surface area contributed by atoms with Gasteiger partial charge in [-0.15, -0.1) is 0 Å². The van der Waals surface area contributed by atoms with Crippen LogP contribution < -0.4 is 0 Å². The van der Waals surface area contributed by atoms with Crippen LogP contribution >= 0.6 is 0 Å². The third kappa shape index (κ3) is 4.88. The molecule has 2 rings (SSSR count). The molecule has 0 aromatic carbocycles. The molecule has 0 bridgehead atoms. The highest BCUT2D eigenvalue weighted by atomic mass is 16.5. The van der Waals surface area contributed by atoms with Gasteiger partial charge in [0.25, 0.3) is 0 Å². The number of amides is 2. The predicted molar refractivity (Wildman–Crippen MR) is 78.1 cm³/mol. The first-order chi connectivity index (χ1) is 9.97. The fraction of sp³-hybridized carbons (Fsp3) is 0.867. The number of piperidine rings is 1. The third-order valence-electron chi connectivity index (χ3n) is 3.95. The first-order valence-corrected chi connectivity index (χ1v) is 7.86. The van der Waals surface area contributed by atoms with E-state index in [4.69, 9.17) is 9.84 Å². The maximum atomic E-state index is 12.6. The van der Waals surface area contributed by atoms with E-state index >= 15 is 0 Å². The van der Waals surface area contributed by atoms with Gasteiger partial charge in [0.15, 0.2) is 0 Å². The van der Waals surface area contributed by atoms with Gasteiger partial charge in [0.05, 0.1) is 6.10 Å². The molecule has 1 aliphatic heterocycles. The second-order valence-electron chi connectivity index (χ2n) is 6.45. The average Bonchev–Trinajstić information content (AvgIpc) is 3.26. The molecule has 0 spiro atoms. The molecule has 6 heteroatoms. The number of likely N-dealkylation sites (tertiary alicyclic amines) is 1. The van der Waals surface area contributed by atoms with E-state index in [9.17, 15) is 9.59 Å². The van der Waals surface area contributed by atoms with Crippen molar-refractivity contribution in [3.63, 3.8) is 0 Å². The Hall–Kier alpha value is -1.30. The number of ether oxygens (including phenoxy) is 1. The number of urea groups is 1. The lowest BCUT2D eigenvalue weighted by Crippen LogP contribution is -2.49. The van der Waals surface area contributed by atoms with E-state index in [-0.39, 0.29) is 18.7 Å². The van der Waals surface area contributed by atoms with Crippen molar-refractivity contribution in [2.45, 2.75) is 51.7 Å². The Balaban J connectivity index is 1.80. The fourth-order valence-electron chi connectivity index (χ4n) is 2.75. The van der Waals surface area contributed by atoms with E-state index < -0.39 is 5.97 Å². The Kier molecular flexibility index (Phi) is 5.45. The number of hydrogen-bond donors (Lipinski definition) is 1. The highest BCUT2D eigenvalue weighted by Gasteiger charge is 2.36. The lowest BCUT2D eigenvalue weighted by atomic mass is 10.1. The Morgan fingerprint density at radius 1 is 1.24 bits per heavy atom. The number of nitrogens with zero attached hydrogens (tertiary/aromatic N) is 2. The molecular weight excluding hydrogens is 272 g/mol. The van der Waals surface area contributed by atoms with Crippen LogP contribution in [0.1, 0.15) is 39.5 Å². The molecule has 1 saturated heterocycles. The molecular formula is C15H26N2O4. The van der Waals surface area contributed by atoms with Crippen LogP contribution in [-0.4, -0.2) is 65.3 Å². The average molecular weight is 298 g/mol. The standard InChI is InChI=1S/C15H26N2O4/c1-11(2)9-17(12-3-4-12)15(20)16-7-5-13(6-8-16)21-10-14(18)19/h11-13H,3-10H2,1-2H3,(H,18,19). The molecule has 2 amide bonds. The summed E-state index contributed by atoms with van der Waals surface area (Å²) in [7, 11) is 0. The van der Waals surface area contributed by atoms with Gasteiger partial charge >= 0.3 is 12.0 Å². The highest BCUT2D eigenvalue weighted by molar-refractivity contribution is 5.75. The van der Waals surface area contributed by atoms with Gasteiger partial charge in [0.2, 0.25) is 0 Å². The van der Waals surface area contributed by atoms with Crippen molar-refractivity contribution in [3.05, 3.63) is 0 Å². The number of carboxylic acids is 1. The minimum absolute atomic E-state index is 0.0374. The second kappa shape index (κ2) is 7.11. The minimum atomic E-state index is -0.939. The summed E-state index contributed by atoms with van der Waals surface area (Å²) in [6.45, 7) is 6.15. The Labute approximate surface area is 126 Å². The number of carbonyl (C=O) groups excluding carboxylic acids is 1. The van der Waals surface area contributed by atoms with Gasteiger partial charge in [-0.2, -0.15) is 0 Å². The summed E-state index contributed by atoms with van der Waals surface area (Å²) in [5, 5.41) is 8.61. The summed E-state index contributed by atoms with van der Waals surface area (Å²) in [6, 6.07) is 0.573. The van der Waals surface area contributed by atoms with Crippen molar-refractivity contribution < 1.29 is 19.4 Å². The van der Waals surface area contributed by atoms with Crippen LogP contribution in [0, 0.1) is 5.92 Å². The molecule has 120 valence electrons. The second-order valence-corrected chi connectivity index (χ2v) is 6.45. The van der Waals surface area contributed by atoms with E-state index in [0.29, 0.717) is 25.0 Å². The van der Waals surface area contributed by atoms with Crippen LogP contribution in [0.25, 0.3) is 0 Å². The first-order valence-electron chi connectivity index (χ1n) is 7.86. The SMILES string of the molecule is CC(C)CN(C(=O)N1CCC(OCC(=O)O)CC1)C1CC1. The largest absolute Gasteiger partial charge is 0.480 e. The van der Waals surface area contributed by atoms with Gasteiger partial charge < -0.3 is 19.6 Å². The van der Waals surface area contributed by atoms with Gasteiger partial charge in [-0.1, -0.05) is 13.8 Å². The summed E-state index contributed by atoms with van der Waals surface area (Å²) in [5.41, 5.74) is 0. The first kappa shape index (κ1) is 16.1. The molecule has 1 heterocycles. The topological polar surface area (TPSA) is 70.1 Å². The van der Waals surface area contributed by atoms with Crippen molar-refractivity contribution in [1.29, 1.82) is 0 Å². The van der Waals surface area contributed by atoms with Gasteiger partial charge in [-0.25, -0.2) is 9.59 Å². The van der Waals surface area contributed by atoms with E-state index in [1.54, 1.807) is 0 Å². The van der Waals surface area contributed by atoms with E-state index in [0.717, 1.165) is 32.2 Å². The maximum absolute atomic E-state index is 12.6. The highest BCUT2D eigenvalue weighted by Crippen LogP contribution is 2.29. The zero-order valence-corrected chi connectivity index (χ0v) is 13.0. The summed E-state index contributed by atoms with van der Waals surface area (Å²) < 4.78 is 5.31. The summed E-state index contributed by atoms with van der Waals surface area (Å²) >= 11 is 0. The Morgan fingerprint density at radius 2 is 1.86 bits per heavy atom. The van der Waals surface area contributed by atoms with Crippen molar-refractivity contribution in [3.8, 4) is 0 Å². The molecule has 6 nitrogen and oxygen atoms in total. The lowest BCUT2D eigenvalue weighted by molar-refractivity contribution is -0.145. The number of rotatable bonds is 6. The molecule has 0 unspecified atom stereocenters. The monoisotopic (exact) mass is 298 g/mol. The van der Waals surface area contributed by atoms with Crippen molar-refractivity contribution in [2.24, 2.45) is 5.92 Å². The van der Waals surface area contributed by atoms with Gasteiger partial charge in [-0.3, -0.25) is 0 Å². The fourth-order valence-corrected chi connectivity index (χ4v) is 2.75. The van der Waals surface area contributed by atoms with Crippen LogP contribution in [0.15, 0.2) is 0 Å². The van der Waals surface area contributed by atoms with E-state index in [1.165, 1.54) is 0 Å². The van der Waals surface area contributed by atoms with E-state index in [2.05, 4.69) is 13.8 Å². The van der Waals surface area contributed by atoms with E-state index in [1.807, 2.05) is 9.80 Å². The Morgan fingerprint density at radius 3 is 2.33 bits per heavy atom. The van der Waals surface area contributed by atoms with Crippen LogP contribution in [0.2, 0.25) is 0 Å². The van der Waals surface area contributed by atoms with Crippen molar-refractivity contribution in [2.75, 3.05) is 26.2 Å². The molecule has 0 radical (unpaired) electrons.